The molecule has 0 radical (unpaired) electrons. The van der Waals surface area contributed by atoms with Gasteiger partial charge in [-0.05, 0) is 43.3 Å². The normalized spacial score (nSPS) is 11.7. The molecule has 148 valence electrons. The lowest BCUT2D eigenvalue weighted by atomic mass is 10.2. The van der Waals surface area contributed by atoms with Gasteiger partial charge in [-0.3, -0.25) is 0 Å². The van der Waals surface area contributed by atoms with E-state index in [0.29, 0.717) is 28.7 Å². The summed E-state index contributed by atoms with van der Waals surface area (Å²) < 4.78 is 22.8. The van der Waals surface area contributed by atoms with Gasteiger partial charge in [-0.2, -0.15) is 0 Å². The molecule has 0 heterocycles. The molecule has 0 atom stereocenters. The molecule has 0 N–H and O–H groups in total. The average molecular weight is 389 g/mol. The molecule has 5 heteroatoms. The second-order valence-corrected chi connectivity index (χ2v) is 6.08. The Morgan fingerprint density at radius 1 is 0.759 bits per heavy atom. The molecule has 3 aromatic rings. The number of ether oxygens (including phenoxy) is 4. The number of hydrogen-bond donors (Lipinski definition) is 0. The summed E-state index contributed by atoms with van der Waals surface area (Å²) in [6, 6.07) is 24.5. The summed E-state index contributed by atoms with van der Waals surface area (Å²) in [6.45, 7) is 1.87. The molecule has 3 aromatic carbocycles. The van der Waals surface area contributed by atoms with Gasteiger partial charge in [0.1, 0.15) is 5.75 Å². The zero-order chi connectivity index (χ0) is 20.5. The minimum absolute atomic E-state index is 0.370. The van der Waals surface area contributed by atoms with Crippen LogP contribution in [0.3, 0.4) is 0 Å². The van der Waals surface area contributed by atoms with Crippen molar-refractivity contribution in [2.75, 3.05) is 14.2 Å². The van der Waals surface area contributed by atoms with Gasteiger partial charge in [0.25, 0.3) is 0 Å². The molecular weight excluding hydrogens is 366 g/mol. The summed E-state index contributed by atoms with van der Waals surface area (Å²) in [6.07, 6.45) is 1.61. The van der Waals surface area contributed by atoms with Crippen molar-refractivity contribution in [3.05, 3.63) is 90.7 Å². The van der Waals surface area contributed by atoms with Gasteiger partial charge < -0.3 is 18.9 Å². The van der Waals surface area contributed by atoms with Crippen LogP contribution in [0.2, 0.25) is 0 Å². The smallest absolute Gasteiger partial charge is 0.226 e. The third kappa shape index (κ3) is 5.39. The molecule has 0 amide bonds. The number of methoxy groups -OCH3 is 2. The number of aliphatic imine (C=N–C) groups is 1. The Balaban J connectivity index is 1.97. The Morgan fingerprint density at radius 3 is 1.93 bits per heavy atom. The number of benzene rings is 3. The number of rotatable bonds is 7. The zero-order valence-electron chi connectivity index (χ0n) is 16.7. The first kappa shape index (κ1) is 20.0. The van der Waals surface area contributed by atoms with Crippen molar-refractivity contribution in [1.82, 2.24) is 0 Å². The van der Waals surface area contributed by atoms with Gasteiger partial charge in [0.15, 0.2) is 11.5 Å². The van der Waals surface area contributed by atoms with Crippen LogP contribution in [0.1, 0.15) is 6.92 Å². The van der Waals surface area contributed by atoms with Gasteiger partial charge in [0, 0.05) is 5.57 Å². The van der Waals surface area contributed by atoms with E-state index in [1.807, 2.05) is 73.7 Å². The molecule has 29 heavy (non-hydrogen) atoms. The molecule has 0 aliphatic heterocycles. The van der Waals surface area contributed by atoms with Crippen molar-refractivity contribution in [3.63, 3.8) is 0 Å². The van der Waals surface area contributed by atoms with E-state index in [1.54, 1.807) is 32.6 Å². The first-order valence-electron chi connectivity index (χ1n) is 9.12. The molecule has 3 rings (SSSR count). The Morgan fingerprint density at radius 2 is 1.34 bits per heavy atom. The second kappa shape index (κ2) is 9.99. The topological polar surface area (TPSA) is 49.3 Å². The van der Waals surface area contributed by atoms with Crippen molar-refractivity contribution >= 4 is 11.6 Å². The molecule has 0 unspecified atom stereocenters. The zero-order valence-corrected chi connectivity index (χ0v) is 16.7. The molecule has 0 bridgehead atoms. The molecule has 0 fully saturated rings. The first-order valence-corrected chi connectivity index (χ1v) is 9.12. The van der Waals surface area contributed by atoms with Crippen LogP contribution in [-0.4, -0.2) is 20.1 Å². The van der Waals surface area contributed by atoms with Gasteiger partial charge in [0.2, 0.25) is 11.6 Å². The van der Waals surface area contributed by atoms with Crippen molar-refractivity contribution in [2.45, 2.75) is 6.92 Å². The average Bonchev–Trinajstić information content (AvgIpc) is 2.78. The highest BCUT2D eigenvalue weighted by molar-refractivity contribution is 5.96. The van der Waals surface area contributed by atoms with E-state index >= 15 is 0 Å². The molecule has 0 aliphatic carbocycles. The summed E-state index contributed by atoms with van der Waals surface area (Å²) in [7, 11) is 3.16. The maximum absolute atomic E-state index is 6.16. The van der Waals surface area contributed by atoms with E-state index in [-0.39, 0.29) is 0 Å². The molecule has 0 saturated carbocycles. The van der Waals surface area contributed by atoms with E-state index in [1.165, 1.54) is 0 Å². The first-order chi connectivity index (χ1) is 14.2. The van der Waals surface area contributed by atoms with E-state index in [4.69, 9.17) is 18.9 Å². The quantitative estimate of drug-likeness (QED) is 0.291. The summed E-state index contributed by atoms with van der Waals surface area (Å²) in [5.41, 5.74) is 1.45. The van der Waals surface area contributed by atoms with Crippen LogP contribution in [0.4, 0.5) is 5.69 Å². The summed E-state index contributed by atoms with van der Waals surface area (Å²) in [4.78, 5) is 4.65. The molecular formula is C24H23NO4. The fourth-order valence-corrected chi connectivity index (χ4v) is 2.53. The van der Waals surface area contributed by atoms with E-state index < -0.39 is 0 Å². The minimum Gasteiger partial charge on any atom is -0.493 e. The highest BCUT2D eigenvalue weighted by Gasteiger charge is 2.16. The van der Waals surface area contributed by atoms with Crippen LogP contribution in [0.5, 0.6) is 23.0 Å². The predicted molar refractivity (Wildman–Crippen MR) is 115 cm³/mol. The van der Waals surface area contributed by atoms with Gasteiger partial charge in [0.05, 0.1) is 26.2 Å². The Labute approximate surface area is 170 Å². The minimum atomic E-state index is 0.370. The SMILES string of the molecule is COc1cccc(OC)c1OC(=Nc1ccccc1)C(C)=COc1ccccc1. The lowest BCUT2D eigenvalue weighted by Gasteiger charge is -2.15. The molecule has 0 aliphatic rings. The largest absolute Gasteiger partial charge is 0.493 e. The van der Waals surface area contributed by atoms with E-state index in [9.17, 15) is 0 Å². The maximum Gasteiger partial charge on any atom is 0.226 e. The van der Waals surface area contributed by atoms with Gasteiger partial charge in [-0.1, -0.05) is 42.5 Å². The summed E-state index contributed by atoms with van der Waals surface area (Å²) in [5.74, 6) is 2.62. The fraction of sp³-hybridized carbons (Fsp3) is 0.125. The second-order valence-electron chi connectivity index (χ2n) is 6.08. The molecule has 0 saturated heterocycles. The summed E-state index contributed by atoms with van der Waals surface area (Å²) >= 11 is 0. The van der Waals surface area contributed by atoms with Crippen molar-refractivity contribution < 1.29 is 18.9 Å². The maximum atomic E-state index is 6.16. The number of nitrogens with zero attached hydrogens (tertiary/aromatic N) is 1. The third-order valence-corrected chi connectivity index (χ3v) is 4.02. The Bertz CT molecular complexity index is 960. The van der Waals surface area contributed by atoms with E-state index in [2.05, 4.69) is 4.99 Å². The number of hydrogen-bond acceptors (Lipinski definition) is 5. The molecule has 0 spiro atoms. The lowest BCUT2D eigenvalue weighted by molar-refractivity contribution is 0.359. The number of para-hydroxylation sites is 3. The van der Waals surface area contributed by atoms with Crippen molar-refractivity contribution in [2.24, 2.45) is 4.99 Å². The molecule has 5 nitrogen and oxygen atoms in total. The van der Waals surface area contributed by atoms with Crippen LogP contribution in [0.25, 0.3) is 0 Å². The van der Waals surface area contributed by atoms with Crippen molar-refractivity contribution in [1.29, 1.82) is 0 Å². The van der Waals surface area contributed by atoms with Crippen LogP contribution >= 0.6 is 0 Å². The standard InChI is InChI=1S/C24H23NO4/c1-18(17-28-20-13-8-5-9-14-20)24(25-19-11-6-4-7-12-19)29-23-21(26-2)15-10-16-22(23)27-3/h4-17H,1-3H3. The highest BCUT2D eigenvalue weighted by Crippen LogP contribution is 2.37. The van der Waals surface area contributed by atoms with Gasteiger partial charge in [-0.25, -0.2) is 4.99 Å². The van der Waals surface area contributed by atoms with Crippen LogP contribution in [-0.2, 0) is 0 Å². The Hall–Kier alpha value is -3.73. The predicted octanol–water partition coefficient (Wildman–Crippen LogP) is 5.80. The third-order valence-electron chi connectivity index (χ3n) is 4.02. The summed E-state index contributed by atoms with van der Waals surface area (Å²) in [5, 5.41) is 0. The Kier molecular flexibility index (Phi) is 6.90. The van der Waals surface area contributed by atoms with Crippen LogP contribution < -0.4 is 18.9 Å². The highest BCUT2D eigenvalue weighted by atomic mass is 16.5. The lowest BCUT2D eigenvalue weighted by Crippen LogP contribution is -2.12. The monoisotopic (exact) mass is 389 g/mol. The molecule has 0 aromatic heterocycles. The van der Waals surface area contributed by atoms with Crippen LogP contribution in [0, 0.1) is 0 Å². The van der Waals surface area contributed by atoms with Gasteiger partial charge >= 0.3 is 0 Å². The van der Waals surface area contributed by atoms with E-state index in [0.717, 1.165) is 11.4 Å². The fourth-order valence-electron chi connectivity index (χ4n) is 2.53. The van der Waals surface area contributed by atoms with Crippen LogP contribution in [0.15, 0.2) is 95.7 Å². The van der Waals surface area contributed by atoms with Crippen molar-refractivity contribution in [3.8, 4) is 23.0 Å². The van der Waals surface area contributed by atoms with Gasteiger partial charge in [-0.15, -0.1) is 0 Å².